The minimum Gasteiger partial charge on any atom is -0.481 e. The van der Waals surface area contributed by atoms with Crippen molar-refractivity contribution in [2.45, 2.75) is 35.9 Å². The third-order valence-electron chi connectivity index (χ3n) is 4.28. The fraction of sp³-hybridized carbons (Fsp3) is 0.600. The summed E-state index contributed by atoms with van der Waals surface area (Å²) in [5.74, 6) is -1.10. The van der Waals surface area contributed by atoms with Crippen LogP contribution in [0, 0.1) is 5.92 Å². The number of amides is 2. The average Bonchev–Trinajstić information content (AvgIpc) is 3.10. The van der Waals surface area contributed by atoms with Crippen molar-refractivity contribution in [3.63, 3.8) is 0 Å². The number of rotatable bonds is 7. The van der Waals surface area contributed by atoms with Crippen molar-refractivity contribution in [1.82, 2.24) is 14.9 Å². The molecule has 0 radical (unpaired) electrons. The van der Waals surface area contributed by atoms with E-state index in [0.717, 1.165) is 11.3 Å². The molecule has 0 atom stereocenters. The van der Waals surface area contributed by atoms with Crippen molar-refractivity contribution in [2.75, 3.05) is 20.1 Å². The van der Waals surface area contributed by atoms with Gasteiger partial charge in [0.05, 0.1) is 5.92 Å². The zero-order valence-corrected chi connectivity index (χ0v) is 15.6. The van der Waals surface area contributed by atoms with Gasteiger partial charge < -0.3 is 15.7 Å². The first-order valence-corrected chi connectivity index (χ1v) is 10.4. The third kappa shape index (κ3) is 5.41. The normalized spacial score (nSPS) is 21.0. The highest BCUT2D eigenvalue weighted by Gasteiger charge is 2.26. The Hall–Kier alpha value is -1.65. The van der Waals surface area contributed by atoms with Crippen LogP contribution in [0.15, 0.2) is 21.7 Å². The third-order valence-corrected chi connectivity index (χ3v) is 7.51. The number of urea groups is 1. The van der Waals surface area contributed by atoms with Gasteiger partial charge in [0.1, 0.15) is 4.21 Å². The quantitative estimate of drug-likeness (QED) is 0.650. The molecule has 25 heavy (non-hydrogen) atoms. The van der Waals surface area contributed by atoms with Crippen LogP contribution < -0.4 is 10.6 Å². The summed E-state index contributed by atoms with van der Waals surface area (Å²) in [6.45, 7) is 0.358. The molecule has 2 amide bonds. The van der Waals surface area contributed by atoms with Crippen LogP contribution in [0.4, 0.5) is 4.79 Å². The summed E-state index contributed by atoms with van der Waals surface area (Å²) in [7, 11) is -2.04. The van der Waals surface area contributed by atoms with Gasteiger partial charge in [-0.2, -0.15) is 4.31 Å². The largest absolute Gasteiger partial charge is 0.481 e. The zero-order chi connectivity index (χ0) is 18.4. The average molecular weight is 389 g/mol. The van der Waals surface area contributed by atoms with Crippen LogP contribution in [0.3, 0.4) is 0 Å². The maximum atomic E-state index is 12.2. The molecule has 0 unspecified atom stereocenters. The number of hydrogen-bond acceptors (Lipinski definition) is 5. The lowest BCUT2D eigenvalue weighted by molar-refractivity contribution is -0.142. The molecule has 0 aliphatic heterocycles. The molecule has 8 nitrogen and oxygen atoms in total. The van der Waals surface area contributed by atoms with Crippen molar-refractivity contribution in [1.29, 1.82) is 0 Å². The van der Waals surface area contributed by atoms with E-state index in [1.807, 2.05) is 0 Å². The second-order valence-corrected chi connectivity index (χ2v) is 9.27. The summed E-state index contributed by atoms with van der Waals surface area (Å²) in [4.78, 5) is 22.8. The summed E-state index contributed by atoms with van der Waals surface area (Å²) in [6.07, 6.45) is 2.39. The van der Waals surface area contributed by atoms with E-state index in [1.165, 1.54) is 11.4 Å². The van der Waals surface area contributed by atoms with Crippen molar-refractivity contribution in [2.24, 2.45) is 5.92 Å². The molecule has 0 saturated heterocycles. The molecule has 1 aliphatic rings. The molecule has 0 aromatic carbocycles. The summed E-state index contributed by atoms with van der Waals surface area (Å²) in [5, 5.41) is 16.1. The molecule has 140 valence electrons. The van der Waals surface area contributed by atoms with E-state index in [1.54, 1.807) is 17.5 Å². The van der Waals surface area contributed by atoms with Crippen LogP contribution >= 0.6 is 11.3 Å². The minimum atomic E-state index is -3.51. The Labute approximate surface area is 151 Å². The summed E-state index contributed by atoms with van der Waals surface area (Å²) in [6, 6.07) is 2.82. The number of thiophene rings is 1. The molecule has 2 rings (SSSR count). The fourth-order valence-electron chi connectivity index (χ4n) is 2.73. The Kier molecular flexibility index (Phi) is 6.79. The summed E-state index contributed by atoms with van der Waals surface area (Å²) in [5.41, 5.74) is 0. The molecule has 1 aliphatic carbocycles. The Morgan fingerprint density at radius 1 is 1.32 bits per heavy atom. The Morgan fingerprint density at radius 3 is 2.56 bits per heavy atom. The van der Waals surface area contributed by atoms with Gasteiger partial charge in [-0.25, -0.2) is 13.2 Å². The van der Waals surface area contributed by atoms with Crippen molar-refractivity contribution in [3.05, 3.63) is 17.5 Å². The number of aliphatic carboxylic acids is 1. The first-order valence-electron chi connectivity index (χ1n) is 8.07. The first kappa shape index (κ1) is 19.7. The van der Waals surface area contributed by atoms with Gasteiger partial charge in [0, 0.05) is 26.2 Å². The van der Waals surface area contributed by atoms with Gasteiger partial charge in [0.15, 0.2) is 0 Å². The highest BCUT2D eigenvalue weighted by atomic mass is 32.2. The Morgan fingerprint density at radius 2 is 2.00 bits per heavy atom. The number of likely N-dealkylation sites (N-methyl/N-ethyl adjacent to an activating group) is 1. The number of sulfonamides is 1. The van der Waals surface area contributed by atoms with Gasteiger partial charge in [0.25, 0.3) is 10.0 Å². The molecule has 1 saturated carbocycles. The van der Waals surface area contributed by atoms with Crippen LogP contribution in [-0.4, -0.2) is 56.0 Å². The Balaban J connectivity index is 1.70. The van der Waals surface area contributed by atoms with Gasteiger partial charge in [0.2, 0.25) is 0 Å². The predicted molar refractivity (Wildman–Crippen MR) is 94.1 cm³/mol. The minimum absolute atomic E-state index is 0.0387. The number of carbonyl (C=O) groups excluding carboxylic acids is 1. The number of carboxylic acid groups (broad SMARTS) is 1. The number of carbonyl (C=O) groups is 2. The van der Waals surface area contributed by atoms with Crippen molar-refractivity contribution >= 4 is 33.4 Å². The van der Waals surface area contributed by atoms with E-state index < -0.39 is 16.0 Å². The lowest BCUT2D eigenvalue weighted by atomic mass is 9.86. The van der Waals surface area contributed by atoms with Crippen LogP contribution in [0.2, 0.25) is 0 Å². The fourth-order valence-corrected chi connectivity index (χ4v) is 5.10. The summed E-state index contributed by atoms with van der Waals surface area (Å²) < 4.78 is 25.9. The molecular weight excluding hydrogens is 366 g/mol. The standard InChI is InChI=1S/C15H23N3O5S2/c1-18(25(22,23)13-3-2-10-24-13)9-8-16-15(21)17-12-6-4-11(5-7-12)14(19)20/h2-3,10-12H,4-9H2,1H3,(H,19,20)(H2,16,17,21). The van der Waals surface area contributed by atoms with Gasteiger partial charge in [-0.05, 0) is 37.1 Å². The highest BCUT2D eigenvalue weighted by Crippen LogP contribution is 2.24. The Bertz CT molecular complexity index is 682. The topological polar surface area (TPSA) is 116 Å². The molecular formula is C15H23N3O5S2. The van der Waals surface area contributed by atoms with Gasteiger partial charge in [-0.3, -0.25) is 4.79 Å². The van der Waals surface area contributed by atoms with Gasteiger partial charge in [-0.1, -0.05) is 6.07 Å². The number of carboxylic acids is 1. The van der Waals surface area contributed by atoms with Crippen LogP contribution in [0.25, 0.3) is 0 Å². The van der Waals surface area contributed by atoms with Gasteiger partial charge >= 0.3 is 12.0 Å². The van der Waals surface area contributed by atoms with Crippen molar-refractivity contribution < 1.29 is 23.1 Å². The van der Waals surface area contributed by atoms with E-state index in [4.69, 9.17) is 5.11 Å². The smallest absolute Gasteiger partial charge is 0.315 e. The molecule has 1 heterocycles. The maximum Gasteiger partial charge on any atom is 0.315 e. The maximum absolute atomic E-state index is 12.2. The van der Waals surface area contributed by atoms with Crippen LogP contribution in [-0.2, 0) is 14.8 Å². The van der Waals surface area contributed by atoms with Crippen LogP contribution in [0.5, 0.6) is 0 Å². The first-order chi connectivity index (χ1) is 11.8. The number of nitrogens with one attached hydrogen (secondary N) is 2. The van der Waals surface area contributed by atoms with E-state index in [9.17, 15) is 18.0 Å². The second kappa shape index (κ2) is 8.63. The van der Waals surface area contributed by atoms with Gasteiger partial charge in [-0.15, -0.1) is 11.3 Å². The van der Waals surface area contributed by atoms with Crippen LogP contribution in [0.1, 0.15) is 25.7 Å². The number of hydrogen-bond donors (Lipinski definition) is 3. The van der Waals surface area contributed by atoms with Crippen molar-refractivity contribution in [3.8, 4) is 0 Å². The molecule has 0 spiro atoms. The summed E-state index contributed by atoms with van der Waals surface area (Å²) >= 11 is 1.15. The monoisotopic (exact) mass is 389 g/mol. The second-order valence-electron chi connectivity index (χ2n) is 6.05. The molecule has 3 N–H and O–H groups in total. The lowest BCUT2D eigenvalue weighted by Crippen LogP contribution is -2.46. The SMILES string of the molecule is CN(CCNC(=O)NC1CCC(C(=O)O)CC1)S(=O)(=O)c1cccs1. The number of nitrogens with zero attached hydrogens (tertiary/aromatic N) is 1. The van der Waals surface area contributed by atoms with E-state index in [-0.39, 0.29) is 35.3 Å². The van der Waals surface area contributed by atoms with E-state index in [2.05, 4.69) is 10.6 Å². The molecule has 10 heteroatoms. The predicted octanol–water partition coefficient (Wildman–Crippen LogP) is 1.31. The zero-order valence-electron chi connectivity index (χ0n) is 14.0. The van der Waals surface area contributed by atoms with E-state index >= 15 is 0 Å². The molecule has 1 aromatic heterocycles. The molecule has 0 bridgehead atoms. The lowest BCUT2D eigenvalue weighted by Gasteiger charge is -2.27. The van der Waals surface area contributed by atoms with E-state index in [0.29, 0.717) is 25.7 Å². The molecule has 1 fully saturated rings. The molecule has 1 aromatic rings. The highest BCUT2D eigenvalue weighted by molar-refractivity contribution is 7.91.